The number of esters is 1. The average Bonchev–Trinajstić information content (AvgIpc) is 3.14. The van der Waals surface area contributed by atoms with Crippen LogP contribution in [0, 0.1) is 12.7 Å². The highest BCUT2D eigenvalue weighted by molar-refractivity contribution is 6.30. The van der Waals surface area contributed by atoms with Crippen LogP contribution in [0.5, 0.6) is 0 Å². The van der Waals surface area contributed by atoms with Crippen LogP contribution in [0.3, 0.4) is 0 Å². The molecule has 3 rings (SSSR count). The monoisotopic (exact) mass is 550 g/mol. The Morgan fingerprint density at radius 1 is 1.16 bits per heavy atom. The first-order chi connectivity index (χ1) is 17.8. The molecule has 38 heavy (non-hydrogen) atoms. The molecule has 0 aliphatic rings. The van der Waals surface area contributed by atoms with E-state index < -0.39 is 42.0 Å². The van der Waals surface area contributed by atoms with Gasteiger partial charge in [0.05, 0.1) is 6.54 Å². The maximum absolute atomic E-state index is 14.2. The number of hydrogen-bond acceptors (Lipinski definition) is 9. The van der Waals surface area contributed by atoms with Crippen molar-refractivity contribution in [1.29, 1.82) is 0 Å². The van der Waals surface area contributed by atoms with Crippen LogP contribution in [0.2, 0.25) is 5.02 Å². The van der Waals surface area contributed by atoms with E-state index >= 15 is 0 Å². The van der Waals surface area contributed by atoms with Gasteiger partial charge in [-0.05, 0) is 57.0 Å². The molecule has 1 heterocycles. The molecule has 10 nitrogen and oxygen atoms in total. The SMILES string of the molecule is Cc1oc(=O)oc1COC(=O)C(O)CN(Cc1ccc(-c2cc(Cl)ccc2F)cc1)NC(=O)OC(C)(C)C. The number of hydrogen-bond donors (Lipinski definition) is 2. The van der Waals surface area contributed by atoms with Gasteiger partial charge in [-0.15, -0.1) is 0 Å². The summed E-state index contributed by atoms with van der Waals surface area (Å²) in [6.07, 6.45) is -2.48. The van der Waals surface area contributed by atoms with E-state index in [1.807, 2.05) is 0 Å². The molecule has 2 aromatic carbocycles. The Kier molecular flexibility index (Phi) is 9.31. The fourth-order valence-corrected chi connectivity index (χ4v) is 3.50. The highest BCUT2D eigenvalue weighted by atomic mass is 35.5. The zero-order valence-electron chi connectivity index (χ0n) is 21.2. The number of benzene rings is 2. The van der Waals surface area contributed by atoms with E-state index in [0.29, 0.717) is 21.7 Å². The zero-order chi connectivity index (χ0) is 28.0. The summed E-state index contributed by atoms with van der Waals surface area (Å²) in [5, 5.41) is 12.1. The Morgan fingerprint density at radius 2 is 1.84 bits per heavy atom. The van der Waals surface area contributed by atoms with Crippen molar-refractivity contribution in [3.63, 3.8) is 0 Å². The van der Waals surface area contributed by atoms with Crippen molar-refractivity contribution in [2.45, 2.75) is 52.6 Å². The van der Waals surface area contributed by atoms with E-state index in [4.69, 9.17) is 29.9 Å². The third-order valence-corrected chi connectivity index (χ3v) is 5.30. The maximum Gasteiger partial charge on any atom is 0.519 e. The van der Waals surface area contributed by atoms with Gasteiger partial charge < -0.3 is 23.4 Å². The van der Waals surface area contributed by atoms with Crippen LogP contribution in [-0.4, -0.2) is 40.4 Å². The second-order valence-corrected chi connectivity index (χ2v) is 9.81. The van der Waals surface area contributed by atoms with Gasteiger partial charge in [0, 0.05) is 17.1 Å². The predicted molar refractivity (Wildman–Crippen MR) is 134 cm³/mol. The van der Waals surface area contributed by atoms with Gasteiger partial charge in [-0.1, -0.05) is 35.9 Å². The summed E-state index contributed by atoms with van der Waals surface area (Å²) in [7, 11) is 0. The molecule has 0 saturated heterocycles. The molecule has 0 radical (unpaired) electrons. The van der Waals surface area contributed by atoms with Crippen LogP contribution in [0.25, 0.3) is 11.1 Å². The maximum atomic E-state index is 14.2. The minimum atomic E-state index is -1.68. The van der Waals surface area contributed by atoms with E-state index in [-0.39, 0.29) is 24.6 Å². The summed E-state index contributed by atoms with van der Waals surface area (Å²) < 4.78 is 34.0. The third-order valence-electron chi connectivity index (χ3n) is 5.06. The number of aliphatic hydroxyl groups excluding tert-OH is 1. The van der Waals surface area contributed by atoms with Gasteiger partial charge in [0.15, 0.2) is 24.2 Å². The molecule has 0 aliphatic heterocycles. The number of hydrazine groups is 1. The van der Waals surface area contributed by atoms with Gasteiger partial charge in [0.2, 0.25) is 0 Å². The second-order valence-electron chi connectivity index (χ2n) is 9.37. The van der Waals surface area contributed by atoms with Gasteiger partial charge in [-0.25, -0.2) is 23.8 Å². The molecule has 1 atom stereocenters. The largest absolute Gasteiger partial charge is 0.519 e. The molecular formula is C26H28ClFN2O8. The minimum Gasteiger partial charge on any atom is -0.455 e. The molecule has 12 heteroatoms. The molecule has 0 bridgehead atoms. The summed E-state index contributed by atoms with van der Waals surface area (Å²) in [6.45, 7) is 5.79. The van der Waals surface area contributed by atoms with Crippen molar-refractivity contribution in [3.8, 4) is 11.1 Å². The standard InChI is InChI=1S/C26H28ClFN2O8/c1-15-22(37-25(34)36-15)14-35-23(32)21(31)13-30(29-24(33)38-26(2,3)4)12-16-5-7-17(8-6-16)19-11-18(27)9-10-20(19)28/h5-11,21,31H,12-14H2,1-4H3,(H,29,33). The highest BCUT2D eigenvalue weighted by Crippen LogP contribution is 2.26. The topological polar surface area (TPSA) is 131 Å². The van der Waals surface area contributed by atoms with Crippen LogP contribution in [0.1, 0.15) is 37.9 Å². The molecule has 0 fully saturated rings. The highest BCUT2D eigenvalue weighted by Gasteiger charge is 2.25. The van der Waals surface area contributed by atoms with Crippen molar-refractivity contribution < 1.29 is 37.4 Å². The Hall–Kier alpha value is -3.67. The average molecular weight is 551 g/mol. The Balaban J connectivity index is 1.71. The minimum absolute atomic E-state index is 0.00974. The summed E-state index contributed by atoms with van der Waals surface area (Å²) in [6, 6.07) is 11.0. The predicted octanol–water partition coefficient (Wildman–Crippen LogP) is 4.35. The molecule has 0 spiro atoms. The molecule has 2 N–H and O–H groups in total. The summed E-state index contributed by atoms with van der Waals surface area (Å²) in [5.41, 5.74) is 3.31. The van der Waals surface area contributed by atoms with Crippen LogP contribution >= 0.6 is 11.6 Å². The molecule has 204 valence electrons. The van der Waals surface area contributed by atoms with Crippen LogP contribution < -0.4 is 11.2 Å². The van der Waals surface area contributed by atoms with Crippen molar-refractivity contribution >= 4 is 23.7 Å². The van der Waals surface area contributed by atoms with E-state index in [1.165, 1.54) is 30.1 Å². The normalized spacial score (nSPS) is 12.3. The van der Waals surface area contributed by atoms with Gasteiger partial charge >= 0.3 is 17.9 Å². The molecule has 1 unspecified atom stereocenters. The number of aryl methyl sites for hydroxylation is 1. The number of carbonyl (C=O) groups excluding carboxylic acids is 2. The lowest BCUT2D eigenvalue weighted by atomic mass is 10.0. The number of carbonyl (C=O) groups is 2. The van der Waals surface area contributed by atoms with E-state index in [0.717, 1.165) is 0 Å². The number of amides is 1. The fraction of sp³-hybridized carbons (Fsp3) is 0.346. The van der Waals surface area contributed by atoms with Crippen LogP contribution in [0.4, 0.5) is 9.18 Å². The summed E-state index contributed by atoms with van der Waals surface area (Å²) in [4.78, 5) is 35.9. The number of aliphatic hydroxyl groups is 1. The van der Waals surface area contributed by atoms with Gasteiger partial charge in [0.25, 0.3) is 0 Å². The smallest absolute Gasteiger partial charge is 0.455 e. The number of halogens is 2. The Morgan fingerprint density at radius 3 is 2.45 bits per heavy atom. The Bertz CT molecular complexity index is 1330. The van der Waals surface area contributed by atoms with E-state index in [9.17, 15) is 23.9 Å². The lowest BCUT2D eigenvalue weighted by Crippen LogP contribution is -2.49. The van der Waals surface area contributed by atoms with Crippen molar-refractivity contribution in [2.24, 2.45) is 0 Å². The van der Waals surface area contributed by atoms with Gasteiger partial charge in [-0.3, -0.25) is 5.43 Å². The molecule has 0 aliphatic carbocycles. The molecule has 1 aromatic heterocycles. The van der Waals surface area contributed by atoms with Crippen LogP contribution in [0.15, 0.2) is 56.1 Å². The summed E-state index contributed by atoms with van der Waals surface area (Å²) >= 11 is 5.99. The number of rotatable bonds is 9. The molecular weight excluding hydrogens is 523 g/mol. The zero-order valence-corrected chi connectivity index (χ0v) is 22.0. The van der Waals surface area contributed by atoms with Crippen LogP contribution in [-0.2, 0) is 27.4 Å². The first kappa shape index (κ1) is 28.9. The summed E-state index contributed by atoms with van der Waals surface area (Å²) in [5.74, 6) is -2.23. The second kappa shape index (κ2) is 12.2. The lowest BCUT2D eigenvalue weighted by Gasteiger charge is -2.27. The quantitative estimate of drug-likeness (QED) is 0.295. The van der Waals surface area contributed by atoms with Gasteiger partial charge in [0.1, 0.15) is 11.4 Å². The van der Waals surface area contributed by atoms with Crippen molar-refractivity contribution in [2.75, 3.05) is 6.54 Å². The Labute approximate surface area is 222 Å². The fourth-order valence-electron chi connectivity index (χ4n) is 3.33. The molecule has 1 amide bonds. The van der Waals surface area contributed by atoms with Crippen molar-refractivity contribution in [3.05, 3.63) is 81.0 Å². The third kappa shape index (κ3) is 8.44. The number of nitrogens with zero attached hydrogens (tertiary/aromatic N) is 1. The number of ether oxygens (including phenoxy) is 2. The van der Waals surface area contributed by atoms with Crippen molar-refractivity contribution in [1.82, 2.24) is 10.4 Å². The molecule has 0 saturated carbocycles. The first-order valence-electron chi connectivity index (χ1n) is 11.5. The first-order valence-corrected chi connectivity index (χ1v) is 11.9. The van der Waals surface area contributed by atoms with E-state index in [2.05, 4.69) is 5.43 Å². The molecule has 3 aromatic rings. The van der Waals surface area contributed by atoms with Gasteiger partial charge in [-0.2, -0.15) is 0 Å². The van der Waals surface area contributed by atoms with E-state index in [1.54, 1.807) is 45.0 Å². The lowest BCUT2D eigenvalue weighted by molar-refractivity contribution is -0.157. The number of nitrogens with one attached hydrogen (secondary N) is 1.